The van der Waals surface area contributed by atoms with Crippen LogP contribution in [0.5, 0.6) is 0 Å². The predicted molar refractivity (Wildman–Crippen MR) is 164 cm³/mol. The quantitative estimate of drug-likeness (QED) is 0.272. The number of ether oxygens (including phenoxy) is 1. The number of aromatic nitrogens is 2. The fraction of sp³-hybridized carbons (Fsp3) is 0.344. The number of halogens is 2. The summed E-state index contributed by atoms with van der Waals surface area (Å²) < 4.78 is 22.7. The van der Waals surface area contributed by atoms with Crippen LogP contribution in [0.1, 0.15) is 35.7 Å². The molecule has 10 heteroatoms. The summed E-state index contributed by atoms with van der Waals surface area (Å²) in [5.41, 5.74) is 1.68. The van der Waals surface area contributed by atoms with Crippen molar-refractivity contribution in [3.63, 3.8) is 0 Å². The van der Waals surface area contributed by atoms with Crippen LogP contribution in [0.15, 0.2) is 65.7 Å². The van der Waals surface area contributed by atoms with Crippen molar-refractivity contribution in [1.29, 1.82) is 0 Å². The molecule has 0 spiro atoms. The predicted octanol–water partition coefficient (Wildman–Crippen LogP) is 5.28. The maximum absolute atomic E-state index is 15.8. The van der Waals surface area contributed by atoms with Crippen LogP contribution in [0.2, 0.25) is 5.02 Å². The first-order valence-electron chi connectivity index (χ1n) is 14.4. The van der Waals surface area contributed by atoms with Crippen LogP contribution in [0.4, 0.5) is 15.9 Å². The highest BCUT2D eigenvalue weighted by atomic mass is 35.5. The number of pyridine rings is 2. The fourth-order valence-corrected chi connectivity index (χ4v) is 6.32. The standard InChI is InChI=1S/C32H33ClFN5O3/c1-2-42-32(41)25-21-39(23-10-8-22(9-11-23)20-36-13-5-6-14-36)29-24(31(25)40)19-26(34)30(28(29)33)38-17-15-37(16-18-38)27-7-3-4-12-35-27/h3-4,7-12,19,21H,2,5-6,13-18,20H2,1H3. The number of rotatable bonds is 7. The Morgan fingerprint density at radius 2 is 1.71 bits per heavy atom. The molecule has 6 rings (SSSR count). The van der Waals surface area contributed by atoms with Crippen LogP contribution in [0.25, 0.3) is 16.6 Å². The molecule has 4 aromatic rings. The molecule has 0 unspecified atom stereocenters. The molecule has 2 aromatic carbocycles. The summed E-state index contributed by atoms with van der Waals surface area (Å²) in [6.07, 6.45) is 5.65. The van der Waals surface area contributed by atoms with Crippen molar-refractivity contribution in [2.24, 2.45) is 0 Å². The van der Waals surface area contributed by atoms with Crippen LogP contribution in [-0.2, 0) is 11.3 Å². The molecule has 0 radical (unpaired) electrons. The highest BCUT2D eigenvalue weighted by Gasteiger charge is 2.27. The van der Waals surface area contributed by atoms with Crippen LogP contribution in [-0.4, -0.2) is 66.3 Å². The maximum atomic E-state index is 15.8. The lowest BCUT2D eigenvalue weighted by Gasteiger charge is -2.37. The largest absolute Gasteiger partial charge is 0.462 e. The van der Waals surface area contributed by atoms with Gasteiger partial charge in [0.05, 0.1) is 28.2 Å². The summed E-state index contributed by atoms with van der Waals surface area (Å²) >= 11 is 7.01. The van der Waals surface area contributed by atoms with Crippen molar-refractivity contribution in [3.05, 3.63) is 93.1 Å². The summed E-state index contributed by atoms with van der Waals surface area (Å²) in [6.45, 7) is 7.15. The van der Waals surface area contributed by atoms with Crippen LogP contribution < -0.4 is 15.2 Å². The van der Waals surface area contributed by atoms with E-state index in [0.29, 0.717) is 37.4 Å². The number of nitrogens with zero attached hydrogens (tertiary/aromatic N) is 5. The Bertz CT molecular complexity index is 1650. The number of esters is 1. The van der Waals surface area contributed by atoms with E-state index in [9.17, 15) is 9.59 Å². The van der Waals surface area contributed by atoms with Gasteiger partial charge in [0.1, 0.15) is 17.2 Å². The number of fused-ring (bicyclic) bond motifs is 1. The maximum Gasteiger partial charge on any atom is 0.343 e. The normalized spacial score (nSPS) is 15.9. The molecule has 0 saturated carbocycles. The smallest absolute Gasteiger partial charge is 0.343 e. The van der Waals surface area contributed by atoms with E-state index in [0.717, 1.165) is 25.5 Å². The van der Waals surface area contributed by atoms with Gasteiger partial charge in [-0.15, -0.1) is 0 Å². The van der Waals surface area contributed by atoms with Gasteiger partial charge in [0.2, 0.25) is 5.43 Å². The highest BCUT2D eigenvalue weighted by molar-refractivity contribution is 6.38. The van der Waals surface area contributed by atoms with Crippen LogP contribution >= 0.6 is 11.6 Å². The minimum Gasteiger partial charge on any atom is -0.462 e. The fourth-order valence-electron chi connectivity index (χ4n) is 5.91. The molecule has 2 saturated heterocycles. The third kappa shape index (κ3) is 5.46. The zero-order chi connectivity index (χ0) is 29.2. The molecule has 42 heavy (non-hydrogen) atoms. The molecule has 8 nitrogen and oxygen atoms in total. The lowest BCUT2D eigenvalue weighted by molar-refractivity contribution is 0.0524. The van der Waals surface area contributed by atoms with Crippen LogP contribution in [0.3, 0.4) is 0 Å². The minimum absolute atomic E-state index is 0.0278. The molecule has 2 aliphatic rings. The first kappa shape index (κ1) is 28.2. The van der Waals surface area contributed by atoms with Crippen LogP contribution in [0, 0.1) is 5.82 Å². The SMILES string of the molecule is CCOC(=O)c1cn(-c2ccc(CN3CCCC3)cc2)c2c(Cl)c(N3CCN(c4ccccn4)CC3)c(F)cc2c1=O. The number of anilines is 2. The molecule has 0 aliphatic carbocycles. The number of carbonyl (C=O) groups is 1. The van der Waals surface area contributed by atoms with Crippen molar-refractivity contribution >= 4 is 40.0 Å². The second-order valence-electron chi connectivity index (χ2n) is 10.7. The molecule has 0 amide bonds. The number of hydrogen-bond donors (Lipinski definition) is 0. The molecule has 0 atom stereocenters. The van der Waals surface area contributed by atoms with Gasteiger partial charge >= 0.3 is 5.97 Å². The number of likely N-dealkylation sites (tertiary alicyclic amines) is 1. The Morgan fingerprint density at radius 3 is 2.38 bits per heavy atom. The topological polar surface area (TPSA) is 70.9 Å². The summed E-state index contributed by atoms with van der Waals surface area (Å²) in [5, 5.41) is 0.157. The molecular weight excluding hydrogens is 557 g/mol. The molecule has 2 aliphatic heterocycles. The molecule has 218 valence electrons. The number of carbonyl (C=O) groups excluding carboxylic acids is 1. The van der Waals surface area contributed by atoms with Crippen molar-refractivity contribution in [1.82, 2.24) is 14.5 Å². The second kappa shape index (κ2) is 12.1. The second-order valence-corrected chi connectivity index (χ2v) is 11.1. The zero-order valence-corrected chi connectivity index (χ0v) is 24.3. The number of hydrogen-bond acceptors (Lipinski definition) is 7. The van der Waals surface area contributed by atoms with Gasteiger partial charge in [-0.2, -0.15) is 0 Å². The van der Waals surface area contributed by atoms with Gasteiger partial charge in [-0.3, -0.25) is 9.69 Å². The Labute approximate surface area is 248 Å². The average molecular weight is 590 g/mol. The highest BCUT2D eigenvalue weighted by Crippen LogP contribution is 2.37. The number of benzene rings is 2. The Balaban J connectivity index is 1.41. The molecule has 2 aromatic heterocycles. The summed E-state index contributed by atoms with van der Waals surface area (Å²) in [6, 6.07) is 14.9. The van der Waals surface area contributed by atoms with E-state index >= 15 is 4.39 Å². The molecular formula is C32H33ClFN5O3. The molecule has 2 fully saturated rings. The van der Waals surface area contributed by atoms with Gasteiger partial charge in [0, 0.05) is 50.8 Å². The van der Waals surface area contributed by atoms with E-state index in [4.69, 9.17) is 16.3 Å². The molecule has 0 bridgehead atoms. The first-order chi connectivity index (χ1) is 20.4. The van der Waals surface area contributed by atoms with E-state index in [1.165, 1.54) is 30.7 Å². The van der Waals surface area contributed by atoms with Gasteiger partial charge in [-0.05, 0) is 68.8 Å². The van der Waals surface area contributed by atoms with Crippen molar-refractivity contribution < 1.29 is 13.9 Å². The van der Waals surface area contributed by atoms with E-state index in [-0.39, 0.29) is 28.3 Å². The summed E-state index contributed by atoms with van der Waals surface area (Å²) in [5.74, 6) is -0.491. The average Bonchev–Trinajstić information content (AvgIpc) is 3.52. The van der Waals surface area contributed by atoms with Crippen molar-refractivity contribution in [2.75, 3.05) is 55.7 Å². The van der Waals surface area contributed by atoms with E-state index < -0.39 is 17.2 Å². The summed E-state index contributed by atoms with van der Waals surface area (Å²) in [7, 11) is 0. The summed E-state index contributed by atoms with van der Waals surface area (Å²) in [4.78, 5) is 37.2. The Kier molecular flexibility index (Phi) is 8.13. The molecule has 0 N–H and O–H groups in total. The van der Waals surface area contributed by atoms with Gasteiger partial charge in [-0.1, -0.05) is 29.8 Å². The lowest BCUT2D eigenvalue weighted by Crippen LogP contribution is -2.47. The van der Waals surface area contributed by atoms with E-state index in [1.807, 2.05) is 47.4 Å². The first-order valence-corrected chi connectivity index (χ1v) is 14.8. The van der Waals surface area contributed by atoms with Gasteiger partial charge in [-0.25, -0.2) is 14.2 Å². The van der Waals surface area contributed by atoms with E-state index in [1.54, 1.807) is 17.7 Å². The van der Waals surface area contributed by atoms with Gasteiger partial charge in [0.15, 0.2) is 0 Å². The van der Waals surface area contributed by atoms with Crippen molar-refractivity contribution in [3.8, 4) is 5.69 Å². The third-order valence-corrected chi connectivity index (χ3v) is 8.40. The monoisotopic (exact) mass is 589 g/mol. The number of piperazine rings is 1. The lowest BCUT2D eigenvalue weighted by atomic mass is 10.1. The van der Waals surface area contributed by atoms with E-state index in [2.05, 4.69) is 14.8 Å². The Morgan fingerprint density at radius 1 is 1.00 bits per heavy atom. The third-order valence-electron chi connectivity index (χ3n) is 8.04. The zero-order valence-electron chi connectivity index (χ0n) is 23.6. The van der Waals surface area contributed by atoms with Gasteiger partial charge < -0.3 is 19.1 Å². The molecule has 4 heterocycles. The van der Waals surface area contributed by atoms with Crippen molar-refractivity contribution in [2.45, 2.75) is 26.3 Å². The minimum atomic E-state index is -0.755. The Hall–Kier alpha value is -3.95. The van der Waals surface area contributed by atoms with Gasteiger partial charge in [0.25, 0.3) is 0 Å².